The van der Waals surface area contributed by atoms with Gasteiger partial charge in [-0.25, -0.2) is 0 Å². The minimum Gasteiger partial charge on any atom is -0.486 e. The Morgan fingerprint density at radius 1 is 1.52 bits per heavy atom. The molecule has 1 amide bonds. The minimum absolute atomic E-state index is 0.145. The molecule has 0 aliphatic carbocycles. The maximum Gasteiger partial charge on any atom is 0.227 e. The third kappa shape index (κ3) is 4.74. The Morgan fingerprint density at radius 2 is 2.30 bits per heavy atom. The number of carbonyl (C=O) groups excluding carboxylic acids is 1. The van der Waals surface area contributed by atoms with Gasteiger partial charge in [-0.05, 0) is 30.7 Å². The van der Waals surface area contributed by atoms with Crippen LogP contribution in [0.4, 0.5) is 0 Å². The number of thioether (sulfide) groups is 1. The minimum atomic E-state index is -0.405. The molecule has 2 N–H and O–H groups in total. The van der Waals surface area contributed by atoms with Crippen molar-refractivity contribution in [1.29, 1.82) is 0 Å². The first kappa shape index (κ1) is 17.4. The molecule has 23 heavy (non-hydrogen) atoms. The monoisotopic (exact) mass is 352 g/mol. The van der Waals surface area contributed by atoms with E-state index in [1.54, 1.807) is 18.2 Å². The van der Waals surface area contributed by atoms with Crippen LogP contribution in [0.15, 0.2) is 36.0 Å². The van der Waals surface area contributed by atoms with Crippen LogP contribution in [0.25, 0.3) is 0 Å². The second kappa shape index (κ2) is 8.03. The standard InChI is InChI=1S/C15H17ClN4O2S/c1-3-6-20-14(18-19-15(20)23-9-13(17)21)8-22-11-4-5-12(16)10(2)7-11/h3-5,7H,1,6,8-9H2,2H3,(H2,17,21). The van der Waals surface area contributed by atoms with E-state index in [0.717, 1.165) is 5.56 Å². The molecule has 8 heteroatoms. The highest BCUT2D eigenvalue weighted by molar-refractivity contribution is 7.99. The highest BCUT2D eigenvalue weighted by Gasteiger charge is 2.13. The number of amides is 1. The van der Waals surface area contributed by atoms with Crippen molar-refractivity contribution in [1.82, 2.24) is 14.8 Å². The highest BCUT2D eigenvalue weighted by atomic mass is 35.5. The molecule has 1 heterocycles. The molecule has 0 unspecified atom stereocenters. The topological polar surface area (TPSA) is 83.0 Å². The van der Waals surface area contributed by atoms with Gasteiger partial charge in [-0.2, -0.15) is 0 Å². The fraction of sp³-hybridized carbons (Fsp3) is 0.267. The van der Waals surface area contributed by atoms with E-state index in [-0.39, 0.29) is 12.4 Å². The van der Waals surface area contributed by atoms with Crippen LogP contribution < -0.4 is 10.5 Å². The van der Waals surface area contributed by atoms with Crippen LogP contribution in [0.3, 0.4) is 0 Å². The summed E-state index contributed by atoms with van der Waals surface area (Å²) in [4.78, 5) is 10.9. The zero-order valence-corrected chi connectivity index (χ0v) is 14.2. The van der Waals surface area contributed by atoms with E-state index in [4.69, 9.17) is 22.1 Å². The molecule has 0 fully saturated rings. The van der Waals surface area contributed by atoms with E-state index >= 15 is 0 Å². The summed E-state index contributed by atoms with van der Waals surface area (Å²) in [6, 6.07) is 5.44. The quantitative estimate of drug-likeness (QED) is 0.583. The van der Waals surface area contributed by atoms with Gasteiger partial charge >= 0.3 is 0 Å². The van der Waals surface area contributed by atoms with Gasteiger partial charge in [0, 0.05) is 11.6 Å². The van der Waals surface area contributed by atoms with Crippen molar-refractivity contribution >= 4 is 29.3 Å². The highest BCUT2D eigenvalue weighted by Crippen LogP contribution is 2.22. The molecule has 0 radical (unpaired) electrons. The lowest BCUT2D eigenvalue weighted by atomic mass is 10.2. The number of carbonyl (C=O) groups is 1. The molecular formula is C15H17ClN4O2S. The molecule has 0 saturated carbocycles. The van der Waals surface area contributed by atoms with Gasteiger partial charge in [0.1, 0.15) is 12.4 Å². The van der Waals surface area contributed by atoms with Crippen LogP contribution in [0, 0.1) is 6.92 Å². The first-order valence-electron chi connectivity index (χ1n) is 6.84. The number of aromatic nitrogens is 3. The average molecular weight is 353 g/mol. The number of primary amides is 1. The van der Waals surface area contributed by atoms with Gasteiger partial charge in [0.25, 0.3) is 0 Å². The summed E-state index contributed by atoms with van der Waals surface area (Å²) in [5, 5.41) is 9.48. The van der Waals surface area contributed by atoms with Crippen molar-refractivity contribution < 1.29 is 9.53 Å². The fourth-order valence-corrected chi connectivity index (χ4v) is 2.66. The van der Waals surface area contributed by atoms with Crippen molar-refractivity contribution in [2.24, 2.45) is 5.73 Å². The Morgan fingerprint density at radius 3 is 2.96 bits per heavy atom. The molecular weight excluding hydrogens is 336 g/mol. The van der Waals surface area contributed by atoms with Gasteiger partial charge in [0.2, 0.25) is 5.91 Å². The lowest BCUT2D eigenvalue weighted by Gasteiger charge is -2.09. The van der Waals surface area contributed by atoms with Gasteiger partial charge < -0.3 is 10.5 Å². The first-order valence-corrected chi connectivity index (χ1v) is 8.20. The number of rotatable bonds is 8. The van der Waals surface area contributed by atoms with Gasteiger partial charge in [0.15, 0.2) is 11.0 Å². The van der Waals surface area contributed by atoms with E-state index in [0.29, 0.717) is 28.3 Å². The van der Waals surface area contributed by atoms with Crippen LogP contribution in [0.5, 0.6) is 5.75 Å². The van der Waals surface area contributed by atoms with Crippen LogP contribution in [0.1, 0.15) is 11.4 Å². The Balaban J connectivity index is 2.10. The predicted molar refractivity (Wildman–Crippen MR) is 90.7 cm³/mol. The normalized spacial score (nSPS) is 10.5. The van der Waals surface area contributed by atoms with Gasteiger partial charge in [0.05, 0.1) is 5.75 Å². The summed E-state index contributed by atoms with van der Waals surface area (Å²) < 4.78 is 7.57. The summed E-state index contributed by atoms with van der Waals surface area (Å²) in [5.41, 5.74) is 6.10. The number of hydrogen-bond acceptors (Lipinski definition) is 5. The molecule has 122 valence electrons. The number of aryl methyl sites for hydroxylation is 1. The molecule has 0 saturated heterocycles. The molecule has 0 spiro atoms. The Labute approximate surface area is 143 Å². The maximum atomic E-state index is 10.9. The van der Waals surface area contributed by atoms with Gasteiger partial charge in [-0.15, -0.1) is 16.8 Å². The van der Waals surface area contributed by atoms with Crippen molar-refractivity contribution in [2.75, 3.05) is 5.75 Å². The molecule has 0 atom stereocenters. The van der Waals surface area contributed by atoms with Gasteiger partial charge in [-0.3, -0.25) is 9.36 Å². The van der Waals surface area contributed by atoms with Crippen LogP contribution >= 0.6 is 23.4 Å². The second-order valence-electron chi connectivity index (χ2n) is 4.75. The van der Waals surface area contributed by atoms with E-state index < -0.39 is 5.91 Å². The molecule has 2 rings (SSSR count). The molecule has 2 aromatic rings. The molecule has 1 aromatic heterocycles. The van der Waals surface area contributed by atoms with E-state index in [9.17, 15) is 4.79 Å². The molecule has 0 aliphatic heterocycles. The number of nitrogens with two attached hydrogens (primary N) is 1. The van der Waals surface area contributed by atoms with Crippen LogP contribution in [-0.2, 0) is 17.9 Å². The van der Waals surface area contributed by atoms with Crippen molar-refractivity contribution in [3.05, 3.63) is 47.3 Å². The summed E-state index contributed by atoms with van der Waals surface area (Å²) in [6.07, 6.45) is 1.73. The number of nitrogens with zero attached hydrogens (tertiary/aromatic N) is 3. The third-order valence-electron chi connectivity index (χ3n) is 2.95. The number of allylic oxidation sites excluding steroid dienone is 1. The third-order valence-corrected chi connectivity index (χ3v) is 4.36. The first-order chi connectivity index (χ1) is 11.0. The predicted octanol–water partition coefficient (Wildman–Crippen LogP) is 2.58. The number of halogens is 1. The Kier molecular flexibility index (Phi) is 6.06. The lowest BCUT2D eigenvalue weighted by Crippen LogP contribution is -2.14. The maximum absolute atomic E-state index is 10.9. The summed E-state index contributed by atoms with van der Waals surface area (Å²) in [5.74, 6) is 1.08. The van der Waals surface area contributed by atoms with Crippen LogP contribution in [0.2, 0.25) is 5.02 Å². The second-order valence-corrected chi connectivity index (χ2v) is 6.10. The molecule has 6 nitrogen and oxygen atoms in total. The molecule has 1 aromatic carbocycles. The zero-order valence-electron chi connectivity index (χ0n) is 12.7. The van der Waals surface area contributed by atoms with E-state index in [2.05, 4.69) is 16.8 Å². The molecule has 0 aliphatic rings. The van der Waals surface area contributed by atoms with Gasteiger partial charge in [-0.1, -0.05) is 29.4 Å². The SMILES string of the molecule is C=CCn1c(COc2ccc(Cl)c(C)c2)nnc1SCC(N)=O. The zero-order chi connectivity index (χ0) is 16.8. The number of ether oxygens (including phenoxy) is 1. The Hall–Kier alpha value is -1.99. The smallest absolute Gasteiger partial charge is 0.227 e. The summed E-state index contributed by atoms with van der Waals surface area (Å²) in [7, 11) is 0. The lowest BCUT2D eigenvalue weighted by molar-refractivity contribution is -0.115. The largest absolute Gasteiger partial charge is 0.486 e. The Bertz CT molecular complexity index is 717. The van der Waals surface area contributed by atoms with E-state index in [1.165, 1.54) is 11.8 Å². The van der Waals surface area contributed by atoms with Crippen molar-refractivity contribution in [2.45, 2.75) is 25.2 Å². The number of benzene rings is 1. The number of hydrogen-bond donors (Lipinski definition) is 1. The van der Waals surface area contributed by atoms with E-state index in [1.807, 2.05) is 17.6 Å². The average Bonchev–Trinajstić information content (AvgIpc) is 2.89. The van der Waals surface area contributed by atoms with Crippen molar-refractivity contribution in [3.8, 4) is 5.75 Å². The van der Waals surface area contributed by atoms with Crippen molar-refractivity contribution in [3.63, 3.8) is 0 Å². The molecule has 0 bridgehead atoms. The fourth-order valence-electron chi connectivity index (χ4n) is 1.84. The summed E-state index contributed by atoms with van der Waals surface area (Å²) >= 11 is 7.23. The summed E-state index contributed by atoms with van der Waals surface area (Å²) in [6.45, 7) is 6.40. The van der Waals surface area contributed by atoms with Crippen LogP contribution in [-0.4, -0.2) is 26.4 Å².